The van der Waals surface area contributed by atoms with Crippen LogP contribution in [0.25, 0.3) is 0 Å². The zero-order valence-electron chi connectivity index (χ0n) is 5.97. The molecule has 1 heterocycles. The Bertz CT molecular complexity index is 259. The van der Waals surface area contributed by atoms with E-state index < -0.39 is 12.1 Å². The maximum absolute atomic E-state index is 10.6. The van der Waals surface area contributed by atoms with Crippen molar-refractivity contribution < 1.29 is 23.1 Å². The van der Waals surface area contributed by atoms with Gasteiger partial charge < -0.3 is 5.11 Å². The molecule has 0 aliphatic rings. The summed E-state index contributed by atoms with van der Waals surface area (Å²) >= 11 is 3.16. The number of aliphatic carboxylic acids is 1. The van der Waals surface area contributed by atoms with Crippen molar-refractivity contribution in [3.05, 3.63) is 16.9 Å². The van der Waals surface area contributed by atoms with Crippen molar-refractivity contribution in [1.29, 1.82) is 0 Å². The summed E-state index contributed by atoms with van der Waals surface area (Å²) in [4.78, 5) is 8.90. The third-order valence-electron chi connectivity index (χ3n) is 0.709. The molecule has 0 saturated heterocycles. The second kappa shape index (κ2) is 4.85. The van der Waals surface area contributed by atoms with Crippen molar-refractivity contribution in [1.82, 2.24) is 10.2 Å². The van der Waals surface area contributed by atoms with E-state index in [2.05, 4.69) is 26.1 Å². The lowest BCUT2D eigenvalue weighted by molar-refractivity contribution is -0.192. The van der Waals surface area contributed by atoms with Crippen LogP contribution in [-0.2, 0) is 4.79 Å². The number of aromatic nitrogens is 2. The standard InChI is InChI=1S/C3H3BrN2.C2HF3O2/c4-3-1-2-5-6-3;3-2(4,5)1(6)7/h1-2H,(H,5,6);(H,6,7). The number of carboxylic acid groups (broad SMARTS) is 1. The van der Waals surface area contributed by atoms with Gasteiger partial charge in [-0.05, 0) is 22.0 Å². The molecule has 13 heavy (non-hydrogen) atoms. The third kappa shape index (κ3) is 6.14. The van der Waals surface area contributed by atoms with Gasteiger partial charge in [-0.1, -0.05) is 0 Å². The lowest BCUT2D eigenvalue weighted by Gasteiger charge is -1.93. The number of halogens is 4. The van der Waals surface area contributed by atoms with Crippen LogP contribution in [0, 0.1) is 0 Å². The predicted octanol–water partition coefficient (Wildman–Crippen LogP) is 1.81. The molecule has 0 aromatic carbocycles. The van der Waals surface area contributed by atoms with Gasteiger partial charge in [0.1, 0.15) is 4.60 Å². The number of H-pyrrole nitrogens is 1. The molecular formula is C5H4BrF3N2O2. The molecule has 4 nitrogen and oxygen atoms in total. The molecule has 1 rings (SSSR count). The topological polar surface area (TPSA) is 66.0 Å². The average molecular weight is 261 g/mol. The lowest BCUT2D eigenvalue weighted by Crippen LogP contribution is -2.21. The average Bonchev–Trinajstić information content (AvgIpc) is 2.38. The molecule has 1 aromatic rings. The van der Waals surface area contributed by atoms with Crippen LogP contribution in [-0.4, -0.2) is 27.4 Å². The summed E-state index contributed by atoms with van der Waals surface area (Å²) in [5.74, 6) is -2.76. The number of hydrogen-bond donors (Lipinski definition) is 2. The van der Waals surface area contributed by atoms with E-state index in [0.717, 1.165) is 4.60 Å². The molecule has 0 aliphatic carbocycles. The van der Waals surface area contributed by atoms with Crippen LogP contribution >= 0.6 is 15.9 Å². The normalized spacial score (nSPS) is 10.2. The Hall–Kier alpha value is -1.05. The fraction of sp³-hybridized carbons (Fsp3) is 0.200. The van der Waals surface area contributed by atoms with Gasteiger partial charge in [0, 0.05) is 6.20 Å². The highest BCUT2D eigenvalue weighted by Gasteiger charge is 2.38. The van der Waals surface area contributed by atoms with Gasteiger partial charge >= 0.3 is 12.1 Å². The third-order valence-corrected chi connectivity index (χ3v) is 1.15. The van der Waals surface area contributed by atoms with Gasteiger partial charge in [0.05, 0.1) is 0 Å². The monoisotopic (exact) mass is 260 g/mol. The summed E-state index contributed by atoms with van der Waals surface area (Å²) in [6.45, 7) is 0. The van der Waals surface area contributed by atoms with E-state index in [1.807, 2.05) is 6.07 Å². The van der Waals surface area contributed by atoms with Gasteiger partial charge in [-0.2, -0.15) is 18.3 Å². The summed E-state index contributed by atoms with van der Waals surface area (Å²) in [6, 6.07) is 1.83. The minimum Gasteiger partial charge on any atom is -0.475 e. The van der Waals surface area contributed by atoms with Gasteiger partial charge in [-0.3, -0.25) is 5.10 Å². The Labute approximate surface area is 78.9 Å². The van der Waals surface area contributed by atoms with Crippen molar-refractivity contribution in [2.75, 3.05) is 0 Å². The summed E-state index contributed by atoms with van der Waals surface area (Å²) in [5.41, 5.74) is 0. The summed E-state index contributed by atoms with van der Waals surface area (Å²) in [6.07, 6.45) is -3.40. The van der Waals surface area contributed by atoms with Crippen LogP contribution in [0.2, 0.25) is 0 Å². The number of aromatic amines is 1. The molecule has 1 aromatic heterocycles. The smallest absolute Gasteiger partial charge is 0.475 e. The zero-order valence-corrected chi connectivity index (χ0v) is 7.56. The highest BCUT2D eigenvalue weighted by atomic mass is 79.9. The van der Waals surface area contributed by atoms with Gasteiger partial charge in [-0.25, -0.2) is 4.79 Å². The molecule has 0 unspecified atom stereocenters. The molecule has 0 aliphatic heterocycles. The molecule has 0 spiro atoms. The van der Waals surface area contributed by atoms with E-state index >= 15 is 0 Å². The minimum absolute atomic E-state index is 0.919. The van der Waals surface area contributed by atoms with E-state index in [9.17, 15) is 13.2 Å². The molecule has 8 heteroatoms. The Balaban J connectivity index is 0.000000223. The number of nitrogens with one attached hydrogen (secondary N) is 1. The van der Waals surface area contributed by atoms with Gasteiger partial charge in [-0.15, -0.1) is 0 Å². The van der Waals surface area contributed by atoms with E-state index in [0.29, 0.717) is 0 Å². The van der Waals surface area contributed by atoms with E-state index in [1.54, 1.807) is 6.20 Å². The Morgan fingerprint density at radius 3 is 2.15 bits per heavy atom. The highest BCUT2D eigenvalue weighted by molar-refractivity contribution is 9.10. The fourth-order valence-electron chi connectivity index (χ4n) is 0.239. The second-order valence-corrected chi connectivity index (χ2v) is 2.56. The van der Waals surface area contributed by atoms with Gasteiger partial charge in [0.15, 0.2) is 0 Å². The van der Waals surface area contributed by atoms with Crippen LogP contribution in [0.4, 0.5) is 13.2 Å². The molecule has 0 fully saturated rings. The van der Waals surface area contributed by atoms with Crippen molar-refractivity contribution in [3.63, 3.8) is 0 Å². The van der Waals surface area contributed by atoms with Crippen LogP contribution in [0.5, 0.6) is 0 Å². The number of alkyl halides is 3. The number of nitrogens with zero attached hydrogens (tertiary/aromatic N) is 1. The Morgan fingerprint density at radius 1 is 1.62 bits per heavy atom. The van der Waals surface area contributed by atoms with Crippen LogP contribution in [0.3, 0.4) is 0 Å². The fourth-order valence-corrected chi connectivity index (χ4v) is 0.459. The first-order valence-corrected chi connectivity index (χ1v) is 3.58. The molecule has 2 N–H and O–H groups in total. The minimum atomic E-state index is -5.08. The highest BCUT2D eigenvalue weighted by Crippen LogP contribution is 2.13. The Morgan fingerprint density at radius 2 is 2.08 bits per heavy atom. The van der Waals surface area contributed by atoms with Crippen LogP contribution in [0.1, 0.15) is 0 Å². The van der Waals surface area contributed by atoms with E-state index in [1.165, 1.54) is 0 Å². The summed E-state index contributed by atoms with van der Waals surface area (Å²) in [5, 5.41) is 13.4. The zero-order chi connectivity index (χ0) is 10.5. The summed E-state index contributed by atoms with van der Waals surface area (Å²) in [7, 11) is 0. The number of carboxylic acids is 1. The lowest BCUT2D eigenvalue weighted by atomic mass is 10.7. The number of carbonyl (C=O) groups is 1. The summed E-state index contributed by atoms with van der Waals surface area (Å²) < 4.78 is 32.7. The predicted molar refractivity (Wildman–Crippen MR) is 40.0 cm³/mol. The molecule has 0 amide bonds. The molecular weight excluding hydrogens is 257 g/mol. The van der Waals surface area contributed by atoms with Crippen molar-refractivity contribution in [2.45, 2.75) is 6.18 Å². The largest absolute Gasteiger partial charge is 0.490 e. The first-order valence-electron chi connectivity index (χ1n) is 2.79. The molecule has 0 atom stereocenters. The van der Waals surface area contributed by atoms with E-state index in [-0.39, 0.29) is 0 Å². The Kier molecular flexibility index (Phi) is 4.46. The van der Waals surface area contributed by atoms with Crippen LogP contribution in [0.15, 0.2) is 16.9 Å². The van der Waals surface area contributed by atoms with Gasteiger partial charge in [0.2, 0.25) is 0 Å². The molecule has 0 saturated carbocycles. The quantitative estimate of drug-likeness (QED) is 0.748. The maximum Gasteiger partial charge on any atom is 0.490 e. The van der Waals surface area contributed by atoms with E-state index in [4.69, 9.17) is 9.90 Å². The van der Waals surface area contributed by atoms with Crippen LogP contribution < -0.4 is 0 Å². The number of hydrogen-bond acceptors (Lipinski definition) is 2. The SMILES string of the molecule is Brc1ccn[nH]1.O=C(O)C(F)(F)F. The van der Waals surface area contributed by atoms with Crippen molar-refractivity contribution in [3.8, 4) is 0 Å². The molecule has 0 bridgehead atoms. The van der Waals surface area contributed by atoms with Gasteiger partial charge in [0.25, 0.3) is 0 Å². The van der Waals surface area contributed by atoms with Crippen molar-refractivity contribution in [2.24, 2.45) is 0 Å². The molecule has 74 valence electrons. The first-order chi connectivity index (χ1) is 5.84. The maximum atomic E-state index is 10.6. The first kappa shape index (κ1) is 11.9. The number of rotatable bonds is 0. The van der Waals surface area contributed by atoms with Crippen molar-refractivity contribution >= 4 is 21.9 Å². The second-order valence-electron chi connectivity index (χ2n) is 1.71. The molecule has 0 radical (unpaired) electrons.